The van der Waals surface area contributed by atoms with Crippen molar-refractivity contribution >= 4 is 10.8 Å². The number of fused-ring (bicyclic) bond motifs is 12. The molecule has 1 aromatic heterocycles. The van der Waals surface area contributed by atoms with Gasteiger partial charge in [-0.25, -0.2) is 15.0 Å². The van der Waals surface area contributed by atoms with Crippen molar-refractivity contribution in [3.8, 4) is 79.7 Å². The smallest absolute Gasteiger partial charge is 0.164 e. The Bertz CT molecular complexity index is 3090. The molecule has 2 aliphatic carbocycles. The fraction of sp³-hybridized carbons (Fsp3) is 0.0192. The van der Waals surface area contributed by atoms with Crippen LogP contribution in [-0.4, -0.2) is 15.0 Å². The fourth-order valence-corrected chi connectivity index (χ4v) is 9.24. The van der Waals surface area contributed by atoms with Crippen LogP contribution in [0.15, 0.2) is 176 Å². The highest BCUT2D eigenvalue weighted by molar-refractivity contribution is 6.12. The van der Waals surface area contributed by atoms with Gasteiger partial charge < -0.3 is 0 Å². The van der Waals surface area contributed by atoms with E-state index in [4.69, 9.17) is 15.0 Å². The molecule has 0 atom stereocenters. The summed E-state index contributed by atoms with van der Waals surface area (Å²) in [5, 5.41) is 23.1. The maximum absolute atomic E-state index is 10.7. The number of aromatic nitrogens is 3. The Morgan fingerprint density at radius 1 is 0.368 bits per heavy atom. The van der Waals surface area contributed by atoms with E-state index in [0.717, 1.165) is 83.1 Å². The molecule has 1 heterocycles. The van der Waals surface area contributed by atoms with Crippen molar-refractivity contribution in [2.75, 3.05) is 0 Å². The van der Waals surface area contributed by atoms with Gasteiger partial charge in [0.05, 0.1) is 28.7 Å². The highest BCUT2D eigenvalue weighted by Crippen LogP contribution is 2.65. The van der Waals surface area contributed by atoms with E-state index < -0.39 is 5.41 Å². The summed E-state index contributed by atoms with van der Waals surface area (Å²) in [6.45, 7) is 0. The Morgan fingerprint density at radius 3 is 1.40 bits per heavy atom. The average Bonchev–Trinajstić information content (AvgIpc) is 3.76. The van der Waals surface area contributed by atoms with E-state index in [2.05, 4.69) is 115 Å². The highest BCUT2D eigenvalue weighted by atomic mass is 15.0. The SMILES string of the molecule is N#Cc1cc(C#N)c2c(c1)C1(c3ccccc3-c3ccccc31)c1cc(-c3ccc(-c4nc(-c5ccccc5)nc(-c5ccccc5)n4)cc3)c3ccccc3c1-2. The second-order valence-electron chi connectivity index (χ2n) is 14.5. The van der Waals surface area contributed by atoms with Gasteiger partial charge in [-0.2, -0.15) is 10.5 Å². The van der Waals surface area contributed by atoms with Gasteiger partial charge in [0.1, 0.15) is 0 Å². The number of nitrogens with zero attached hydrogens (tertiary/aromatic N) is 5. The third-order valence-electron chi connectivity index (χ3n) is 11.6. The van der Waals surface area contributed by atoms with Gasteiger partial charge in [-0.1, -0.05) is 158 Å². The average molecular weight is 724 g/mol. The summed E-state index contributed by atoms with van der Waals surface area (Å²) in [6, 6.07) is 65.1. The molecule has 0 saturated heterocycles. The zero-order valence-corrected chi connectivity index (χ0v) is 30.5. The van der Waals surface area contributed by atoms with Crippen LogP contribution < -0.4 is 0 Å². The molecule has 0 saturated carbocycles. The van der Waals surface area contributed by atoms with E-state index in [1.165, 1.54) is 0 Å². The molecule has 1 spiro atoms. The van der Waals surface area contributed by atoms with Crippen LogP contribution in [0.4, 0.5) is 0 Å². The van der Waals surface area contributed by atoms with E-state index in [1.807, 2.05) is 66.7 Å². The van der Waals surface area contributed by atoms with E-state index >= 15 is 0 Å². The molecule has 0 amide bonds. The van der Waals surface area contributed by atoms with E-state index in [1.54, 1.807) is 6.07 Å². The fourth-order valence-electron chi connectivity index (χ4n) is 9.24. The molecule has 5 heteroatoms. The molecule has 0 radical (unpaired) electrons. The van der Waals surface area contributed by atoms with Crippen molar-refractivity contribution in [3.05, 3.63) is 209 Å². The third-order valence-corrected chi connectivity index (χ3v) is 11.6. The summed E-state index contributed by atoms with van der Waals surface area (Å²) in [5.74, 6) is 1.83. The lowest BCUT2D eigenvalue weighted by Crippen LogP contribution is -2.26. The Morgan fingerprint density at radius 2 is 0.842 bits per heavy atom. The number of benzene rings is 8. The maximum atomic E-state index is 10.7. The summed E-state index contributed by atoms with van der Waals surface area (Å²) in [6.07, 6.45) is 0. The van der Waals surface area contributed by atoms with Gasteiger partial charge in [0.2, 0.25) is 0 Å². The van der Waals surface area contributed by atoms with Crippen LogP contribution in [0, 0.1) is 22.7 Å². The molecule has 0 unspecified atom stereocenters. The van der Waals surface area contributed by atoms with Crippen LogP contribution in [0.25, 0.3) is 78.3 Å². The van der Waals surface area contributed by atoms with Gasteiger partial charge in [0.25, 0.3) is 0 Å². The molecular weight excluding hydrogens is 695 g/mol. The van der Waals surface area contributed by atoms with E-state index in [-0.39, 0.29) is 0 Å². The molecule has 0 bridgehead atoms. The summed E-state index contributed by atoms with van der Waals surface area (Å²) in [7, 11) is 0. The monoisotopic (exact) mass is 723 g/mol. The van der Waals surface area contributed by atoms with Gasteiger partial charge in [0, 0.05) is 22.3 Å². The summed E-state index contributed by atoms with van der Waals surface area (Å²) in [5.41, 5.74) is 13.7. The summed E-state index contributed by atoms with van der Waals surface area (Å²) in [4.78, 5) is 14.8. The first-order valence-electron chi connectivity index (χ1n) is 18.9. The zero-order chi connectivity index (χ0) is 38.1. The molecule has 11 rings (SSSR count). The van der Waals surface area contributed by atoms with Crippen molar-refractivity contribution in [1.82, 2.24) is 15.0 Å². The first kappa shape index (κ1) is 32.4. The zero-order valence-electron chi connectivity index (χ0n) is 30.5. The molecule has 57 heavy (non-hydrogen) atoms. The van der Waals surface area contributed by atoms with Gasteiger partial charge in [-0.3, -0.25) is 0 Å². The molecule has 0 aliphatic heterocycles. The van der Waals surface area contributed by atoms with Gasteiger partial charge in [-0.15, -0.1) is 0 Å². The van der Waals surface area contributed by atoms with Crippen LogP contribution in [0.5, 0.6) is 0 Å². The van der Waals surface area contributed by atoms with Crippen LogP contribution in [-0.2, 0) is 5.41 Å². The summed E-state index contributed by atoms with van der Waals surface area (Å²) < 4.78 is 0. The first-order valence-corrected chi connectivity index (χ1v) is 18.9. The largest absolute Gasteiger partial charge is 0.208 e. The normalized spacial score (nSPS) is 12.7. The standard InChI is InChI=1S/C52H29N5/c53-30-32-27-37(31-54)47-45(28-32)52(43-21-11-9-18-39(43)40-19-10-12-22-44(40)52)46-29-42(38-17-7-8-20-41(38)48(46)47)33-23-25-36(26-24-33)51-56-49(34-13-3-1-4-14-34)55-50(57-51)35-15-5-2-6-16-35/h1-29H. The van der Waals surface area contributed by atoms with E-state index in [0.29, 0.717) is 28.6 Å². The lowest BCUT2D eigenvalue weighted by molar-refractivity contribution is 0.794. The molecular formula is C52H29N5. The van der Waals surface area contributed by atoms with Crippen molar-refractivity contribution in [1.29, 1.82) is 10.5 Å². The second kappa shape index (κ2) is 12.5. The second-order valence-corrected chi connectivity index (χ2v) is 14.5. The molecule has 8 aromatic carbocycles. The van der Waals surface area contributed by atoms with Gasteiger partial charge in [0.15, 0.2) is 17.5 Å². The molecule has 0 fully saturated rings. The Kier molecular flexibility index (Phi) is 7.13. The van der Waals surface area contributed by atoms with Crippen LogP contribution in [0.2, 0.25) is 0 Å². The minimum atomic E-state index is -0.735. The minimum Gasteiger partial charge on any atom is -0.208 e. The maximum Gasteiger partial charge on any atom is 0.164 e. The van der Waals surface area contributed by atoms with Crippen LogP contribution in [0.1, 0.15) is 33.4 Å². The van der Waals surface area contributed by atoms with Crippen LogP contribution >= 0.6 is 0 Å². The Hall–Kier alpha value is -7.99. The molecule has 0 N–H and O–H groups in total. The molecule has 5 nitrogen and oxygen atoms in total. The van der Waals surface area contributed by atoms with Gasteiger partial charge >= 0.3 is 0 Å². The van der Waals surface area contributed by atoms with Crippen molar-refractivity contribution in [2.24, 2.45) is 0 Å². The number of hydrogen-bond donors (Lipinski definition) is 0. The quantitative estimate of drug-likeness (QED) is 0.180. The van der Waals surface area contributed by atoms with Gasteiger partial charge in [-0.05, 0) is 79.0 Å². The van der Waals surface area contributed by atoms with Crippen molar-refractivity contribution in [2.45, 2.75) is 5.41 Å². The third kappa shape index (κ3) is 4.70. The lowest BCUT2D eigenvalue weighted by Gasteiger charge is -2.31. The number of nitriles is 2. The number of rotatable bonds is 4. The predicted molar refractivity (Wildman–Crippen MR) is 225 cm³/mol. The molecule has 262 valence electrons. The first-order chi connectivity index (χ1) is 28.2. The molecule has 9 aromatic rings. The van der Waals surface area contributed by atoms with E-state index in [9.17, 15) is 10.5 Å². The predicted octanol–water partition coefficient (Wildman–Crippen LogP) is 11.8. The van der Waals surface area contributed by atoms with Crippen LogP contribution in [0.3, 0.4) is 0 Å². The number of hydrogen-bond acceptors (Lipinski definition) is 5. The Balaban J connectivity index is 1.15. The molecule has 2 aliphatic rings. The van der Waals surface area contributed by atoms with Crippen molar-refractivity contribution < 1.29 is 0 Å². The lowest BCUT2D eigenvalue weighted by atomic mass is 9.69. The Labute approximate surface area is 329 Å². The minimum absolute atomic E-state index is 0.476. The topological polar surface area (TPSA) is 86.2 Å². The highest BCUT2D eigenvalue weighted by Gasteiger charge is 2.53. The van der Waals surface area contributed by atoms with Crippen molar-refractivity contribution in [3.63, 3.8) is 0 Å². The summed E-state index contributed by atoms with van der Waals surface area (Å²) >= 11 is 0.